The number of likely N-dealkylation sites (tertiary alicyclic amines) is 1. The second-order valence-electron chi connectivity index (χ2n) is 8.73. The molecular formula is C24H22F5N7O. The lowest BCUT2D eigenvalue weighted by Crippen LogP contribution is -2.38. The van der Waals surface area contributed by atoms with E-state index in [0.29, 0.717) is 10.4 Å². The number of hydrogen-bond acceptors (Lipinski definition) is 7. The first-order valence-electron chi connectivity index (χ1n) is 11.5. The standard InChI is InChI=1S/C24H22F5N7O/c25-23(26,24(27,28)29)22-34-18-2-1-8-32-21(18)36(22)16-3-4-20(33-13-16)37-17-6-10-35(11-7-17)14-15-5-9-31-19(30)12-15/h1-5,8-9,12-13,17H,6-7,10-11,14H2,(H2,30,31). The Morgan fingerprint density at radius 3 is 2.43 bits per heavy atom. The molecular weight excluding hydrogens is 497 g/mol. The number of aromatic nitrogens is 5. The number of nitrogens with zero attached hydrogens (tertiary/aromatic N) is 6. The van der Waals surface area contributed by atoms with Crippen molar-refractivity contribution < 1.29 is 26.7 Å². The number of ether oxygens (including phenoxy) is 1. The van der Waals surface area contributed by atoms with Crippen LogP contribution in [0.15, 0.2) is 55.0 Å². The van der Waals surface area contributed by atoms with Crippen molar-refractivity contribution in [2.75, 3.05) is 18.8 Å². The summed E-state index contributed by atoms with van der Waals surface area (Å²) in [6.45, 7) is 2.31. The van der Waals surface area contributed by atoms with Crippen molar-refractivity contribution in [2.24, 2.45) is 0 Å². The third-order valence-electron chi connectivity index (χ3n) is 6.11. The highest BCUT2D eigenvalue weighted by Crippen LogP contribution is 2.44. The van der Waals surface area contributed by atoms with E-state index in [1.165, 1.54) is 36.7 Å². The predicted octanol–water partition coefficient (Wildman–Crippen LogP) is 4.49. The number of alkyl halides is 5. The van der Waals surface area contributed by atoms with Gasteiger partial charge in [0, 0.05) is 38.1 Å². The van der Waals surface area contributed by atoms with Crippen molar-refractivity contribution in [3.8, 4) is 11.6 Å². The number of hydrogen-bond donors (Lipinski definition) is 1. The van der Waals surface area contributed by atoms with E-state index < -0.39 is 17.9 Å². The van der Waals surface area contributed by atoms with Crippen LogP contribution in [0.3, 0.4) is 0 Å². The zero-order valence-corrected chi connectivity index (χ0v) is 19.4. The highest BCUT2D eigenvalue weighted by molar-refractivity contribution is 5.74. The molecule has 0 aromatic carbocycles. The first-order valence-corrected chi connectivity index (χ1v) is 11.5. The minimum Gasteiger partial charge on any atom is -0.474 e. The van der Waals surface area contributed by atoms with Gasteiger partial charge in [-0.3, -0.25) is 9.47 Å². The van der Waals surface area contributed by atoms with Crippen molar-refractivity contribution in [3.63, 3.8) is 0 Å². The Labute approximate surface area is 207 Å². The molecule has 37 heavy (non-hydrogen) atoms. The molecule has 0 saturated carbocycles. The third-order valence-corrected chi connectivity index (χ3v) is 6.11. The number of halogens is 5. The van der Waals surface area contributed by atoms with Gasteiger partial charge in [-0.2, -0.15) is 22.0 Å². The summed E-state index contributed by atoms with van der Waals surface area (Å²) in [4.78, 5) is 17.9. The Bertz CT molecular complexity index is 1380. The number of nitrogen functional groups attached to an aromatic ring is 1. The van der Waals surface area contributed by atoms with E-state index in [9.17, 15) is 22.0 Å². The molecule has 0 amide bonds. The summed E-state index contributed by atoms with van der Waals surface area (Å²) >= 11 is 0. The summed E-state index contributed by atoms with van der Waals surface area (Å²) in [6.07, 6.45) is -0.337. The molecule has 0 bridgehead atoms. The van der Waals surface area contributed by atoms with Crippen LogP contribution in [-0.4, -0.2) is 54.8 Å². The van der Waals surface area contributed by atoms with E-state index in [1.807, 2.05) is 12.1 Å². The molecule has 13 heteroatoms. The molecule has 0 spiro atoms. The van der Waals surface area contributed by atoms with Crippen molar-refractivity contribution in [1.82, 2.24) is 29.4 Å². The quantitative estimate of drug-likeness (QED) is 0.375. The van der Waals surface area contributed by atoms with Crippen LogP contribution >= 0.6 is 0 Å². The number of rotatable bonds is 6. The molecule has 1 aliphatic heterocycles. The molecule has 1 aliphatic rings. The molecule has 2 N–H and O–H groups in total. The Balaban J connectivity index is 1.30. The van der Waals surface area contributed by atoms with Gasteiger partial charge >= 0.3 is 12.1 Å². The number of fused-ring (bicyclic) bond motifs is 1. The lowest BCUT2D eigenvalue weighted by Gasteiger charge is -2.31. The average molecular weight is 519 g/mol. The Morgan fingerprint density at radius 2 is 1.76 bits per heavy atom. The molecule has 0 unspecified atom stereocenters. The number of piperidine rings is 1. The average Bonchev–Trinajstić information content (AvgIpc) is 3.26. The van der Waals surface area contributed by atoms with Crippen molar-refractivity contribution >= 4 is 17.0 Å². The summed E-state index contributed by atoms with van der Waals surface area (Å²) in [5.74, 6) is -5.96. The molecule has 4 aromatic heterocycles. The van der Waals surface area contributed by atoms with Crippen LogP contribution in [0.1, 0.15) is 24.2 Å². The summed E-state index contributed by atoms with van der Waals surface area (Å²) in [6, 6.07) is 9.27. The highest BCUT2D eigenvalue weighted by atomic mass is 19.4. The van der Waals surface area contributed by atoms with Gasteiger partial charge in [0.15, 0.2) is 11.5 Å². The third kappa shape index (κ3) is 5.03. The molecule has 4 aromatic rings. The summed E-state index contributed by atoms with van der Waals surface area (Å²) in [5.41, 5.74) is 6.53. The monoisotopic (exact) mass is 519 g/mol. The SMILES string of the molecule is Nc1cc(CN2CCC(Oc3ccc(-n4c(C(F)(F)C(F)(F)F)nc5cccnc54)cn3)CC2)ccn1. The number of pyridine rings is 3. The maximum absolute atomic E-state index is 14.3. The van der Waals surface area contributed by atoms with Crippen LogP contribution in [0.2, 0.25) is 0 Å². The zero-order valence-electron chi connectivity index (χ0n) is 19.4. The van der Waals surface area contributed by atoms with E-state index >= 15 is 0 Å². The van der Waals surface area contributed by atoms with Gasteiger partial charge < -0.3 is 10.5 Å². The molecule has 5 rings (SSSR count). The number of anilines is 1. The van der Waals surface area contributed by atoms with E-state index in [1.54, 1.807) is 6.20 Å². The summed E-state index contributed by atoms with van der Waals surface area (Å²) in [7, 11) is 0. The van der Waals surface area contributed by atoms with Crippen LogP contribution in [0.25, 0.3) is 16.9 Å². The number of imidazole rings is 1. The lowest BCUT2D eigenvalue weighted by molar-refractivity contribution is -0.292. The van der Waals surface area contributed by atoms with Gasteiger partial charge in [0.25, 0.3) is 0 Å². The van der Waals surface area contributed by atoms with E-state index in [0.717, 1.165) is 38.0 Å². The fraction of sp³-hybridized carbons (Fsp3) is 0.333. The highest BCUT2D eigenvalue weighted by Gasteiger charge is 2.62. The maximum Gasteiger partial charge on any atom is 0.461 e. The molecule has 0 radical (unpaired) electrons. The van der Waals surface area contributed by atoms with E-state index in [4.69, 9.17) is 10.5 Å². The van der Waals surface area contributed by atoms with Crippen molar-refractivity contribution in [3.05, 3.63) is 66.4 Å². The Hall–Kier alpha value is -3.87. The van der Waals surface area contributed by atoms with Gasteiger partial charge in [0.05, 0.1) is 11.9 Å². The topological polar surface area (TPSA) is 95.0 Å². The van der Waals surface area contributed by atoms with Crippen molar-refractivity contribution in [1.29, 1.82) is 0 Å². The van der Waals surface area contributed by atoms with E-state index in [2.05, 4.69) is 24.8 Å². The molecule has 194 valence electrons. The molecule has 5 heterocycles. The Morgan fingerprint density at radius 1 is 0.973 bits per heavy atom. The largest absolute Gasteiger partial charge is 0.474 e. The molecule has 0 atom stereocenters. The fourth-order valence-corrected chi connectivity index (χ4v) is 4.28. The van der Waals surface area contributed by atoms with Gasteiger partial charge in [-0.25, -0.2) is 19.9 Å². The van der Waals surface area contributed by atoms with Crippen LogP contribution in [0, 0.1) is 0 Å². The van der Waals surface area contributed by atoms with Gasteiger partial charge in [-0.15, -0.1) is 0 Å². The van der Waals surface area contributed by atoms with Crippen LogP contribution in [0.5, 0.6) is 5.88 Å². The molecule has 1 saturated heterocycles. The first kappa shape index (κ1) is 24.8. The predicted molar refractivity (Wildman–Crippen MR) is 124 cm³/mol. The van der Waals surface area contributed by atoms with Gasteiger partial charge in [0.2, 0.25) is 5.88 Å². The van der Waals surface area contributed by atoms with Crippen molar-refractivity contribution in [2.45, 2.75) is 37.6 Å². The minimum atomic E-state index is -5.83. The van der Waals surface area contributed by atoms with Gasteiger partial charge in [0.1, 0.15) is 17.4 Å². The minimum absolute atomic E-state index is 0.0427. The second kappa shape index (κ2) is 9.54. The second-order valence-corrected chi connectivity index (χ2v) is 8.73. The van der Waals surface area contributed by atoms with E-state index in [-0.39, 0.29) is 28.8 Å². The first-order chi connectivity index (χ1) is 17.6. The lowest BCUT2D eigenvalue weighted by atomic mass is 10.1. The van der Waals surface area contributed by atoms with Crippen LogP contribution < -0.4 is 10.5 Å². The summed E-state index contributed by atoms with van der Waals surface area (Å²) in [5, 5.41) is 0. The zero-order chi connectivity index (χ0) is 26.2. The van der Waals surface area contributed by atoms with Gasteiger partial charge in [-0.05, 0) is 48.7 Å². The Kier molecular flexibility index (Phi) is 6.40. The smallest absolute Gasteiger partial charge is 0.461 e. The fourth-order valence-electron chi connectivity index (χ4n) is 4.28. The van der Waals surface area contributed by atoms with Crippen LogP contribution in [0.4, 0.5) is 27.8 Å². The molecule has 0 aliphatic carbocycles. The molecule has 8 nitrogen and oxygen atoms in total. The number of nitrogens with two attached hydrogens (primary N) is 1. The maximum atomic E-state index is 14.3. The molecule has 1 fully saturated rings. The summed E-state index contributed by atoms with van der Waals surface area (Å²) < 4.78 is 74.8. The normalized spacial score (nSPS) is 15.8. The van der Waals surface area contributed by atoms with Gasteiger partial charge in [-0.1, -0.05) is 0 Å². The van der Waals surface area contributed by atoms with Crippen LogP contribution in [-0.2, 0) is 12.5 Å².